The number of carbonyl (C=O) groups is 2. The van der Waals surface area contributed by atoms with Gasteiger partial charge in [0.05, 0.1) is 68.1 Å². The third-order valence-corrected chi connectivity index (χ3v) is 10.6. The summed E-state index contributed by atoms with van der Waals surface area (Å²) in [5.41, 5.74) is 6.28. The molecule has 10 N–H and O–H groups in total. The molecule has 3 fully saturated rings. The van der Waals surface area contributed by atoms with Gasteiger partial charge in [-0.25, -0.2) is 4.79 Å². The molecule has 55 heavy (non-hydrogen) atoms. The van der Waals surface area contributed by atoms with E-state index in [0.717, 1.165) is 24.2 Å². The summed E-state index contributed by atoms with van der Waals surface area (Å²) in [5.74, 6) is -8.23. The number of likely N-dealkylation sites (tertiary alicyclic amines) is 1. The van der Waals surface area contributed by atoms with Gasteiger partial charge in [0.2, 0.25) is 12.1 Å². The molecule has 1 aliphatic carbocycles. The van der Waals surface area contributed by atoms with E-state index >= 15 is 0 Å². The van der Waals surface area contributed by atoms with Gasteiger partial charge in [0.15, 0.2) is 18.4 Å². The zero-order valence-corrected chi connectivity index (χ0v) is 31.6. The largest absolute Gasteiger partial charge is 0.550 e. The summed E-state index contributed by atoms with van der Waals surface area (Å²) in [6.45, 7) is 7.14. The van der Waals surface area contributed by atoms with Crippen LogP contribution in [0.25, 0.3) is 0 Å². The van der Waals surface area contributed by atoms with Gasteiger partial charge in [0.25, 0.3) is 0 Å². The highest BCUT2D eigenvalue weighted by Crippen LogP contribution is 2.39. The van der Waals surface area contributed by atoms with Crippen molar-refractivity contribution in [1.82, 2.24) is 5.32 Å². The zero-order valence-electron chi connectivity index (χ0n) is 31.6. The first-order valence-corrected chi connectivity index (χ1v) is 19.2. The lowest BCUT2D eigenvalue weighted by atomic mass is 9.79. The van der Waals surface area contributed by atoms with Crippen LogP contribution >= 0.6 is 0 Å². The molecule has 0 amide bonds. The molecule has 18 heteroatoms. The molecule has 18 nitrogen and oxygen atoms in total. The van der Waals surface area contributed by atoms with Gasteiger partial charge in [-0.2, -0.15) is 0 Å². The minimum atomic E-state index is -2.91. The second-order valence-corrected chi connectivity index (χ2v) is 14.9. The number of piperidine rings is 1. The van der Waals surface area contributed by atoms with Gasteiger partial charge in [-0.05, 0) is 46.0 Å². The van der Waals surface area contributed by atoms with Gasteiger partial charge < -0.3 is 80.2 Å². The number of nitrogens with zero attached hydrogens (tertiary/aromatic N) is 1. The summed E-state index contributed by atoms with van der Waals surface area (Å²) in [5, 5.41) is 76.8. The van der Waals surface area contributed by atoms with E-state index in [1.807, 2.05) is 0 Å². The van der Waals surface area contributed by atoms with E-state index in [2.05, 4.69) is 16.9 Å². The van der Waals surface area contributed by atoms with Crippen LogP contribution in [0.4, 0.5) is 0 Å². The number of allylic oxidation sites excluding steroid dienone is 1. The highest BCUT2D eigenvalue weighted by atomic mass is 16.8. The molecule has 0 aromatic heterocycles. The summed E-state index contributed by atoms with van der Waals surface area (Å²) < 4.78 is 29.6. The number of aliphatic carboxylic acids is 1. The number of aliphatic imine (C=N–C) groups is 1. The normalized spacial score (nSPS) is 34.5. The van der Waals surface area contributed by atoms with E-state index < -0.39 is 91.0 Å². The fourth-order valence-electron chi connectivity index (χ4n) is 7.70. The molecule has 4 rings (SSSR count). The highest BCUT2D eigenvalue weighted by Gasteiger charge is 2.57. The van der Waals surface area contributed by atoms with Crippen molar-refractivity contribution < 1.29 is 73.9 Å². The molecular formula is C37H60N4O14. The smallest absolute Gasteiger partial charge is 0.338 e. The van der Waals surface area contributed by atoms with Crippen LogP contribution in [-0.2, 0) is 33.3 Å². The third-order valence-electron chi connectivity index (χ3n) is 10.6. The molecular weight excluding hydrogens is 724 g/mol. The molecule has 4 unspecified atom stereocenters. The Balaban J connectivity index is 1.72. The van der Waals surface area contributed by atoms with Crippen LogP contribution in [0.3, 0.4) is 0 Å². The van der Waals surface area contributed by atoms with Gasteiger partial charge in [-0.15, -0.1) is 6.58 Å². The average Bonchev–Trinajstić information content (AvgIpc) is 3.14. The second-order valence-electron chi connectivity index (χ2n) is 14.9. The molecule has 0 aromatic rings. The molecule has 0 radical (unpaired) electrons. The van der Waals surface area contributed by atoms with E-state index in [9.17, 15) is 45.3 Å². The number of hydrogen-bond donors (Lipinski definition) is 9. The lowest BCUT2D eigenvalue weighted by molar-refractivity contribution is -0.911. The van der Waals surface area contributed by atoms with Crippen LogP contribution in [-0.4, -0.2) is 149 Å². The lowest BCUT2D eigenvalue weighted by Crippen LogP contribution is -3.16. The summed E-state index contributed by atoms with van der Waals surface area (Å²) in [6, 6.07) is -0.814. The summed E-state index contributed by atoms with van der Waals surface area (Å²) in [7, 11) is 0. The van der Waals surface area contributed by atoms with Crippen molar-refractivity contribution in [1.29, 1.82) is 0 Å². The highest BCUT2D eigenvalue weighted by molar-refractivity contribution is 5.89. The Kier molecular flexibility index (Phi) is 16.9. The Morgan fingerprint density at radius 1 is 1.15 bits per heavy atom. The standard InChI is InChI=1S/C37H60N4O14/c1-4-24-25(12-11-22-17-41(14-16-43)18-26(32(46)47)29(22)40-36(38)39-13-8-15-42)27(33(48)53-23-9-6-5-7-10-23)20-51-34(24)55-35-31(52-21(2)3)37(49,50)30(45)28(19-44)54-35/h4,11-12,20-26,28-31,34-35,42-45,49-50H,1,5-10,13-19H2,2-3H3,(H,46,47)(H3,38,39,40)/t22?,24-,25+,26?,28-,29?,30-,31-,34-,35+/m1/s1. The van der Waals surface area contributed by atoms with Gasteiger partial charge in [-0.3, -0.25) is 4.99 Å². The number of ether oxygens (including phenoxy) is 5. The van der Waals surface area contributed by atoms with E-state index in [1.165, 1.54) is 12.3 Å². The Labute approximate surface area is 321 Å². The van der Waals surface area contributed by atoms with Crippen LogP contribution < -0.4 is 21.1 Å². The Morgan fingerprint density at radius 2 is 1.87 bits per heavy atom. The average molecular weight is 785 g/mol. The topological polar surface area (TPSA) is 280 Å². The Bertz CT molecular complexity index is 1350. The van der Waals surface area contributed by atoms with Crippen LogP contribution in [0.2, 0.25) is 0 Å². The maximum absolute atomic E-state index is 13.8. The first-order valence-electron chi connectivity index (χ1n) is 19.2. The molecule has 0 bridgehead atoms. The van der Waals surface area contributed by atoms with Crippen molar-refractivity contribution in [3.05, 3.63) is 36.6 Å². The predicted molar refractivity (Wildman–Crippen MR) is 192 cm³/mol. The first-order chi connectivity index (χ1) is 26.2. The van der Waals surface area contributed by atoms with Crippen LogP contribution in [0.5, 0.6) is 0 Å². The first kappa shape index (κ1) is 44.5. The molecule has 1 saturated carbocycles. The monoisotopic (exact) mass is 784 g/mol. The fourth-order valence-corrected chi connectivity index (χ4v) is 7.70. The molecule has 3 heterocycles. The number of nitrogens with two attached hydrogens (primary N) is 1. The number of nitrogens with one attached hydrogen (secondary N) is 2. The minimum absolute atomic E-state index is 0.0188. The molecule has 11 atom stereocenters. The van der Waals surface area contributed by atoms with Gasteiger partial charge in [-0.1, -0.05) is 24.6 Å². The van der Waals surface area contributed by atoms with Crippen molar-refractivity contribution in [3.8, 4) is 0 Å². The maximum Gasteiger partial charge on any atom is 0.338 e. The predicted octanol–water partition coefficient (Wildman–Crippen LogP) is -3.83. The third kappa shape index (κ3) is 11.5. The number of carbonyl (C=O) groups excluding carboxylic acids is 2. The van der Waals surface area contributed by atoms with E-state index in [1.54, 1.807) is 26.0 Å². The van der Waals surface area contributed by atoms with E-state index in [0.29, 0.717) is 25.8 Å². The van der Waals surface area contributed by atoms with Crippen molar-refractivity contribution in [2.24, 2.45) is 34.4 Å². The molecule has 312 valence electrons. The molecule has 3 aliphatic heterocycles. The summed E-state index contributed by atoms with van der Waals surface area (Å²) in [4.78, 5) is 31.4. The molecule has 0 aromatic carbocycles. The van der Waals surface area contributed by atoms with E-state index in [-0.39, 0.29) is 50.5 Å². The Hall–Kier alpha value is -3.17. The number of esters is 1. The second kappa shape index (κ2) is 20.8. The molecule has 4 aliphatic rings. The number of quaternary nitrogens is 1. The van der Waals surface area contributed by atoms with Crippen molar-refractivity contribution in [2.45, 2.75) is 107 Å². The van der Waals surface area contributed by atoms with Gasteiger partial charge >= 0.3 is 5.97 Å². The number of hydrogen-bond acceptors (Lipinski definition) is 15. The lowest BCUT2D eigenvalue weighted by Gasteiger charge is -2.48. The van der Waals surface area contributed by atoms with Crippen molar-refractivity contribution >= 4 is 17.9 Å². The number of carboxylic acids is 1. The molecule has 2 saturated heterocycles. The minimum Gasteiger partial charge on any atom is -0.550 e. The number of carboxylic acid groups (broad SMARTS) is 1. The fraction of sp³-hybridized carbons (Fsp3) is 0.757. The number of guanidine groups is 1. The number of rotatable bonds is 17. The van der Waals surface area contributed by atoms with Gasteiger partial charge in [0, 0.05) is 25.0 Å². The van der Waals surface area contributed by atoms with Crippen LogP contribution in [0, 0.1) is 23.7 Å². The van der Waals surface area contributed by atoms with Gasteiger partial charge in [0.1, 0.15) is 24.9 Å². The Morgan fingerprint density at radius 3 is 2.49 bits per heavy atom. The zero-order chi connectivity index (χ0) is 40.3. The number of aliphatic hydroxyl groups excluding tert-OH is 4. The SMILES string of the molecule is C=C[C@H]1[C@@H](O[C@@H]2O[C@H](CO)[C@@H](O)C(O)(O)[C@@H]2OC(C)C)OC=C(C(=O)OC2CCCCC2)[C@H]1C=CC1C[NH+](CCO)CC(C(=O)[O-])C1NC(N)=NCCCO. The summed E-state index contributed by atoms with van der Waals surface area (Å²) >= 11 is 0. The van der Waals surface area contributed by atoms with Crippen LogP contribution in [0.1, 0.15) is 52.4 Å². The maximum atomic E-state index is 13.8. The van der Waals surface area contributed by atoms with Crippen molar-refractivity contribution in [3.63, 3.8) is 0 Å². The quantitative estimate of drug-likeness (QED) is 0.0171. The molecule has 0 spiro atoms. The van der Waals surface area contributed by atoms with Crippen molar-refractivity contribution in [2.75, 3.05) is 46.0 Å². The number of aliphatic hydroxyl groups is 6. The van der Waals surface area contributed by atoms with E-state index in [4.69, 9.17) is 29.4 Å². The summed E-state index contributed by atoms with van der Waals surface area (Å²) in [6.07, 6.45) is 1.92. The van der Waals surface area contributed by atoms with Crippen LogP contribution in [0.15, 0.2) is 41.6 Å².